The van der Waals surface area contributed by atoms with Crippen LogP contribution in [0.4, 0.5) is 13.2 Å². The van der Waals surface area contributed by atoms with Crippen molar-refractivity contribution in [2.24, 2.45) is 0 Å². The van der Waals surface area contributed by atoms with Crippen molar-refractivity contribution in [1.82, 2.24) is 9.80 Å². The second kappa shape index (κ2) is 6.44. The Balaban J connectivity index is 1.47. The second-order valence-electron chi connectivity index (χ2n) is 7.58. The van der Waals surface area contributed by atoms with Gasteiger partial charge in [-0.2, -0.15) is 0 Å². The Morgan fingerprint density at radius 1 is 1.08 bits per heavy atom. The number of carbonyl (C=O) groups excluding carboxylic acids is 1. The van der Waals surface area contributed by atoms with Crippen LogP contribution in [-0.4, -0.2) is 46.7 Å². The molecule has 142 valence electrons. The molecule has 2 aliphatic heterocycles. The maximum atomic E-state index is 13.2. The normalized spacial score (nSPS) is 27.3. The van der Waals surface area contributed by atoms with Crippen molar-refractivity contribution >= 4 is 5.91 Å². The molecule has 0 bridgehead atoms. The number of rotatable bonds is 4. The molecular formula is C19H23F3N2O2. The molecule has 1 saturated carbocycles. The lowest BCUT2D eigenvalue weighted by Crippen LogP contribution is -2.60. The minimum Gasteiger partial charge on any atom is -0.406 e. The molecule has 26 heavy (non-hydrogen) atoms. The molecule has 1 aliphatic carbocycles. The average Bonchev–Trinajstić information content (AvgIpc) is 3.34. The number of hydrogen-bond acceptors (Lipinski definition) is 3. The van der Waals surface area contributed by atoms with Crippen molar-refractivity contribution < 1.29 is 22.7 Å². The van der Waals surface area contributed by atoms with Crippen LogP contribution < -0.4 is 4.74 Å². The van der Waals surface area contributed by atoms with Crippen LogP contribution >= 0.6 is 0 Å². The average molecular weight is 368 g/mol. The Morgan fingerprint density at radius 3 is 2.35 bits per heavy atom. The van der Waals surface area contributed by atoms with Crippen molar-refractivity contribution in [2.45, 2.75) is 63.0 Å². The van der Waals surface area contributed by atoms with Crippen LogP contribution in [0.2, 0.25) is 0 Å². The summed E-state index contributed by atoms with van der Waals surface area (Å²) in [6.07, 6.45) is 1.32. The summed E-state index contributed by atoms with van der Waals surface area (Å²) in [7, 11) is 0. The number of nitrogens with zero attached hydrogens (tertiary/aromatic N) is 2. The molecule has 2 heterocycles. The van der Waals surface area contributed by atoms with Gasteiger partial charge in [-0.25, -0.2) is 0 Å². The van der Waals surface area contributed by atoms with Crippen LogP contribution in [0.5, 0.6) is 5.75 Å². The van der Waals surface area contributed by atoms with E-state index in [4.69, 9.17) is 0 Å². The fourth-order valence-corrected chi connectivity index (χ4v) is 4.46. The molecule has 0 radical (unpaired) electrons. The van der Waals surface area contributed by atoms with Gasteiger partial charge in [0.25, 0.3) is 0 Å². The SMILES string of the molecule is O=C1N(C2CC2)CCCC12CCCN2Cc1ccc(OC(F)(F)F)cc1. The van der Waals surface area contributed by atoms with Gasteiger partial charge in [0.15, 0.2) is 0 Å². The monoisotopic (exact) mass is 368 g/mol. The third kappa shape index (κ3) is 3.41. The van der Waals surface area contributed by atoms with E-state index in [1.165, 1.54) is 12.1 Å². The number of ether oxygens (including phenoxy) is 1. The number of alkyl halides is 3. The zero-order valence-corrected chi connectivity index (χ0v) is 14.6. The molecule has 0 N–H and O–H groups in total. The molecule has 2 saturated heterocycles. The lowest BCUT2D eigenvalue weighted by Gasteiger charge is -2.45. The Morgan fingerprint density at radius 2 is 1.73 bits per heavy atom. The topological polar surface area (TPSA) is 32.8 Å². The highest BCUT2D eigenvalue weighted by Gasteiger charge is 2.52. The molecule has 0 aromatic heterocycles. The van der Waals surface area contributed by atoms with Gasteiger partial charge in [-0.3, -0.25) is 9.69 Å². The van der Waals surface area contributed by atoms with Crippen molar-refractivity contribution in [3.05, 3.63) is 29.8 Å². The number of carbonyl (C=O) groups is 1. The van der Waals surface area contributed by atoms with Gasteiger partial charge in [0.1, 0.15) is 11.3 Å². The number of benzene rings is 1. The van der Waals surface area contributed by atoms with Gasteiger partial charge < -0.3 is 9.64 Å². The molecule has 1 unspecified atom stereocenters. The third-order valence-electron chi connectivity index (χ3n) is 5.79. The number of halogens is 3. The first kappa shape index (κ1) is 17.6. The first-order chi connectivity index (χ1) is 12.4. The molecular weight excluding hydrogens is 345 g/mol. The smallest absolute Gasteiger partial charge is 0.406 e. The summed E-state index contributed by atoms with van der Waals surface area (Å²) in [4.78, 5) is 17.5. The van der Waals surface area contributed by atoms with Gasteiger partial charge in [-0.1, -0.05) is 12.1 Å². The molecule has 3 aliphatic rings. The molecule has 1 aromatic rings. The van der Waals surface area contributed by atoms with E-state index < -0.39 is 11.9 Å². The van der Waals surface area contributed by atoms with E-state index in [2.05, 4.69) is 14.5 Å². The van der Waals surface area contributed by atoms with Crippen molar-refractivity contribution in [3.63, 3.8) is 0 Å². The van der Waals surface area contributed by atoms with E-state index in [1.54, 1.807) is 12.1 Å². The number of piperidine rings is 1. The summed E-state index contributed by atoms with van der Waals surface area (Å²) in [5, 5.41) is 0. The Bertz CT molecular complexity index is 672. The summed E-state index contributed by atoms with van der Waals surface area (Å²) < 4.78 is 40.8. The molecule has 3 fully saturated rings. The van der Waals surface area contributed by atoms with Crippen LogP contribution in [-0.2, 0) is 11.3 Å². The van der Waals surface area contributed by atoms with E-state index in [1.807, 2.05) is 0 Å². The molecule has 4 nitrogen and oxygen atoms in total. The minimum absolute atomic E-state index is 0.217. The van der Waals surface area contributed by atoms with Crippen molar-refractivity contribution in [3.8, 4) is 5.75 Å². The molecule has 1 atom stereocenters. The standard InChI is InChI=1S/C19H23F3N2O2/c20-19(21,22)26-16-7-3-14(4-8-16)13-23-11-1-9-18(23)10-2-12-24(17(18)25)15-5-6-15/h3-4,7-8,15H,1-2,5-6,9-13H2. The summed E-state index contributed by atoms with van der Waals surface area (Å²) in [5.41, 5.74) is 0.485. The minimum atomic E-state index is -4.68. The summed E-state index contributed by atoms with van der Waals surface area (Å²) in [6, 6.07) is 6.41. The number of amides is 1. The van der Waals surface area contributed by atoms with Gasteiger partial charge in [0, 0.05) is 19.1 Å². The highest BCUT2D eigenvalue weighted by atomic mass is 19.4. The maximum Gasteiger partial charge on any atom is 0.573 e. The summed E-state index contributed by atoms with van der Waals surface area (Å²) in [6.45, 7) is 2.30. The molecule has 1 spiro atoms. The first-order valence-corrected chi connectivity index (χ1v) is 9.28. The van der Waals surface area contributed by atoms with Crippen molar-refractivity contribution in [2.75, 3.05) is 13.1 Å². The van der Waals surface area contributed by atoms with Crippen LogP contribution in [0.25, 0.3) is 0 Å². The zero-order chi connectivity index (χ0) is 18.4. The Hall–Kier alpha value is -1.76. The van der Waals surface area contributed by atoms with Gasteiger partial charge in [0.2, 0.25) is 5.91 Å². The number of hydrogen-bond donors (Lipinski definition) is 0. The fourth-order valence-electron chi connectivity index (χ4n) is 4.46. The molecule has 1 amide bonds. The fraction of sp³-hybridized carbons (Fsp3) is 0.632. The summed E-state index contributed by atoms with van der Waals surface area (Å²) >= 11 is 0. The quantitative estimate of drug-likeness (QED) is 0.812. The predicted octanol–water partition coefficient (Wildman–Crippen LogP) is 3.70. The highest BCUT2D eigenvalue weighted by Crippen LogP contribution is 2.42. The second-order valence-corrected chi connectivity index (χ2v) is 7.58. The lowest BCUT2D eigenvalue weighted by molar-refractivity contribution is -0.274. The van der Waals surface area contributed by atoms with Crippen LogP contribution in [0.3, 0.4) is 0 Å². The van der Waals surface area contributed by atoms with Gasteiger partial charge in [-0.05, 0) is 62.8 Å². The predicted molar refractivity (Wildman–Crippen MR) is 89.5 cm³/mol. The Labute approximate surface area is 150 Å². The first-order valence-electron chi connectivity index (χ1n) is 9.28. The van der Waals surface area contributed by atoms with Crippen LogP contribution in [0, 0.1) is 0 Å². The van der Waals surface area contributed by atoms with Gasteiger partial charge in [0.05, 0.1) is 0 Å². The summed E-state index contributed by atoms with van der Waals surface area (Å²) in [5.74, 6) is 0.0480. The molecule has 7 heteroatoms. The van der Waals surface area contributed by atoms with Crippen molar-refractivity contribution in [1.29, 1.82) is 0 Å². The highest BCUT2D eigenvalue weighted by molar-refractivity contribution is 5.88. The van der Waals surface area contributed by atoms with E-state index in [-0.39, 0.29) is 11.7 Å². The molecule has 4 rings (SSSR count). The van der Waals surface area contributed by atoms with E-state index in [0.717, 1.165) is 57.2 Å². The van der Waals surface area contributed by atoms with E-state index in [9.17, 15) is 18.0 Å². The van der Waals surface area contributed by atoms with Gasteiger partial charge in [-0.15, -0.1) is 13.2 Å². The van der Waals surface area contributed by atoms with E-state index >= 15 is 0 Å². The number of likely N-dealkylation sites (tertiary alicyclic amines) is 2. The largest absolute Gasteiger partial charge is 0.573 e. The van der Waals surface area contributed by atoms with Crippen LogP contribution in [0.15, 0.2) is 24.3 Å². The molecule has 1 aromatic carbocycles. The third-order valence-corrected chi connectivity index (χ3v) is 5.79. The van der Waals surface area contributed by atoms with Crippen LogP contribution in [0.1, 0.15) is 44.1 Å². The lowest BCUT2D eigenvalue weighted by atomic mass is 9.85. The zero-order valence-electron chi connectivity index (χ0n) is 14.6. The van der Waals surface area contributed by atoms with Gasteiger partial charge >= 0.3 is 6.36 Å². The Kier molecular flexibility index (Phi) is 4.37. The van der Waals surface area contributed by atoms with E-state index in [0.29, 0.717) is 12.6 Å². The maximum absolute atomic E-state index is 13.2.